The molecule has 60 heavy (non-hydrogen) atoms. The molecule has 0 rings (SSSR count). The molecule has 0 amide bonds. The number of likely N-dealkylation sites (N-methyl/N-ethyl adjacent to an activating group) is 1. The van der Waals surface area contributed by atoms with Crippen molar-refractivity contribution in [2.45, 2.75) is 251 Å². The monoisotopic (exact) mass is 873 g/mol. The molecule has 0 aliphatic heterocycles. The molecule has 0 saturated carbocycles. The molecule has 0 heterocycles. The number of hydrogen-bond acceptors (Lipinski definition) is 7. The van der Waals surface area contributed by atoms with Crippen molar-refractivity contribution in [3.8, 4) is 0 Å². The summed E-state index contributed by atoms with van der Waals surface area (Å²) in [6.45, 7) is 4.45. The number of phosphoric acid groups is 1. The van der Waals surface area contributed by atoms with E-state index in [-0.39, 0.29) is 32.0 Å². The van der Waals surface area contributed by atoms with Gasteiger partial charge in [-0.15, -0.1) is 0 Å². The summed E-state index contributed by atoms with van der Waals surface area (Å²) in [6, 6.07) is 0. The normalized spacial score (nSPS) is 13.5. The lowest BCUT2D eigenvalue weighted by Gasteiger charge is -2.24. The van der Waals surface area contributed by atoms with Gasteiger partial charge in [0.2, 0.25) is 0 Å². The van der Waals surface area contributed by atoms with Gasteiger partial charge in [0.25, 0.3) is 0 Å². The van der Waals surface area contributed by atoms with Crippen molar-refractivity contribution in [2.24, 2.45) is 0 Å². The lowest BCUT2D eigenvalue weighted by atomic mass is 10.0. The standard InChI is InChI=1S/C50H98NO8P/c1-6-8-10-12-14-16-18-20-22-23-24-25-26-27-29-31-33-35-37-39-41-43-50(53)59-48(47-58-60(54,55)57-45-44-51(3,4)5)46-56-49(52)42-40-38-36-34-32-30-28-21-19-17-15-13-11-9-7-2/h21,28,48H,6-20,22-27,29-47H2,1-5H3/p+1/t48-/m1/s1. The highest BCUT2D eigenvalue weighted by molar-refractivity contribution is 7.47. The summed E-state index contributed by atoms with van der Waals surface area (Å²) in [5, 5.41) is 0. The van der Waals surface area contributed by atoms with E-state index in [9.17, 15) is 19.0 Å². The zero-order valence-corrected chi connectivity index (χ0v) is 41.1. The van der Waals surface area contributed by atoms with E-state index in [0.717, 1.165) is 51.4 Å². The first-order valence-electron chi connectivity index (χ1n) is 25.4. The Morgan fingerprint density at radius 3 is 1.23 bits per heavy atom. The van der Waals surface area contributed by atoms with Gasteiger partial charge < -0.3 is 18.9 Å². The highest BCUT2D eigenvalue weighted by Crippen LogP contribution is 2.43. The first-order chi connectivity index (χ1) is 29.0. The molecule has 0 aromatic carbocycles. The van der Waals surface area contributed by atoms with Gasteiger partial charge in [0.05, 0.1) is 27.7 Å². The average molecular weight is 873 g/mol. The van der Waals surface area contributed by atoms with E-state index < -0.39 is 26.5 Å². The van der Waals surface area contributed by atoms with E-state index >= 15 is 0 Å². The zero-order valence-electron chi connectivity index (χ0n) is 40.2. The molecule has 0 saturated heterocycles. The van der Waals surface area contributed by atoms with Crippen LogP contribution in [0.5, 0.6) is 0 Å². The molecule has 0 bridgehead atoms. The third-order valence-corrected chi connectivity index (χ3v) is 12.3. The number of unbranched alkanes of at least 4 members (excludes halogenated alkanes) is 31. The number of rotatable bonds is 47. The second-order valence-corrected chi connectivity index (χ2v) is 20.0. The molecule has 0 aliphatic rings. The third-order valence-electron chi connectivity index (χ3n) is 11.3. The van der Waals surface area contributed by atoms with Gasteiger partial charge in [-0.2, -0.15) is 0 Å². The van der Waals surface area contributed by atoms with Gasteiger partial charge in [-0.25, -0.2) is 4.57 Å². The van der Waals surface area contributed by atoms with Crippen LogP contribution < -0.4 is 0 Å². The summed E-state index contributed by atoms with van der Waals surface area (Å²) in [6.07, 6.45) is 46.9. The van der Waals surface area contributed by atoms with Crippen molar-refractivity contribution in [1.82, 2.24) is 0 Å². The molecule has 356 valence electrons. The summed E-state index contributed by atoms with van der Waals surface area (Å²) in [7, 11) is 1.49. The van der Waals surface area contributed by atoms with Gasteiger partial charge in [0, 0.05) is 12.8 Å². The molecule has 1 N–H and O–H groups in total. The second kappa shape index (κ2) is 43.0. The Hall–Kier alpha value is -1.25. The smallest absolute Gasteiger partial charge is 0.462 e. The van der Waals surface area contributed by atoms with Crippen LogP contribution in [0.3, 0.4) is 0 Å². The molecule has 0 aliphatic carbocycles. The highest BCUT2D eigenvalue weighted by atomic mass is 31.2. The van der Waals surface area contributed by atoms with Gasteiger partial charge in [0.1, 0.15) is 19.8 Å². The molecule has 0 aromatic heterocycles. The minimum absolute atomic E-state index is 0.0339. The molecule has 0 spiro atoms. The quantitative estimate of drug-likeness (QED) is 0.0212. The van der Waals surface area contributed by atoms with Crippen LogP contribution in [0.4, 0.5) is 0 Å². The number of quaternary nitrogens is 1. The SMILES string of the molecule is CCCCCCCCC=CCCCCCCCC(=O)OC[C@H](COP(=O)(O)OCC[N+](C)(C)C)OC(=O)CCCCCCCCCCCCCCCCCCCCCCC. The van der Waals surface area contributed by atoms with Crippen molar-refractivity contribution in [3.63, 3.8) is 0 Å². The second-order valence-electron chi connectivity index (χ2n) is 18.6. The molecular formula is C50H99NO8P+. The van der Waals surface area contributed by atoms with E-state index in [1.165, 1.54) is 161 Å². The number of hydrogen-bond donors (Lipinski definition) is 1. The Morgan fingerprint density at radius 2 is 0.850 bits per heavy atom. The Morgan fingerprint density at radius 1 is 0.500 bits per heavy atom. The van der Waals surface area contributed by atoms with Crippen molar-refractivity contribution >= 4 is 19.8 Å². The van der Waals surface area contributed by atoms with Crippen molar-refractivity contribution in [2.75, 3.05) is 47.5 Å². The molecule has 0 radical (unpaired) electrons. The predicted octanol–water partition coefficient (Wildman–Crippen LogP) is 14.9. The first kappa shape index (κ1) is 58.8. The van der Waals surface area contributed by atoms with Gasteiger partial charge in [0.15, 0.2) is 6.10 Å². The fourth-order valence-electron chi connectivity index (χ4n) is 7.31. The van der Waals surface area contributed by atoms with Crippen LogP contribution in [0.2, 0.25) is 0 Å². The Balaban J connectivity index is 4.22. The van der Waals surface area contributed by atoms with Crippen LogP contribution in [0.25, 0.3) is 0 Å². The van der Waals surface area contributed by atoms with Gasteiger partial charge in [-0.05, 0) is 38.5 Å². The number of allylic oxidation sites excluding steroid dienone is 2. The summed E-state index contributed by atoms with van der Waals surface area (Å²) in [5.74, 6) is -0.794. The van der Waals surface area contributed by atoms with Crippen molar-refractivity contribution in [1.29, 1.82) is 0 Å². The van der Waals surface area contributed by atoms with E-state index in [1.807, 2.05) is 21.1 Å². The molecule has 2 atom stereocenters. The fourth-order valence-corrected chi connectivity index (χ4v) is 8.05. The van der Waals surface area contributed by atoms with Crippen LogP contribution in [0, 0.1) is 0 Å². The minimum Gasteiger partial charge on any atom is -0.462 e. The van der Waals surface area contributed by atoms with E-state index in [1.54, 1.807) is 0 Å². The average Bonchev–Trinajstić information content (AvgIpc) is 3.20. The summed E-state index contributed by atoms with van der Waals surface area (Å²) >= 11 is 0. The molecule has 9 nitrogen and oxygen atoms in total. The van der Waals surface area contributed by atoms with Gasteiger partial charge in [-0.3, -0.25) is 18.6 Å². The lowest BCUT2D eigenvalue weighted by Crippen LogP contribution is -2.37. The Kier molecular flexibility index (Phi) is 42.1. The van der Waals surface area contributed by atoms with E-state index in [2.05, 4.69) is 26.0 Å². The maximum absolute atomic E-state index is 12.7. The van der Waals surface area contributed by atoms with Crippen LogP contribution in [-0.2, 0) is 32.7 Å². The molecule has 1 unspecified atom stereocenters. The van der Waals surface area contributed by atoms with Gasteiger partial charge in [-0.1, -0.05) is 206 Å². The highest BCUT2D eigenvalue weighted by Gasteiger charge is 2.27. The van der Waals surface area contributed by atoms with Crippen LogP contribution in [0.1, 0.15) is 245 Å². The number of carbonyl (C=O) groups excluding carboxylic acids is 2. The van der Waals surface area contributed by atoms with Crippen LogP contribution >= 0.6 is 7.82 Å². The van der Waals surface area contributed by atoms with Gasteiger partial charge >= 0.3 is 19.8 Å². The van der Waals surface area contributed by atoms with Crippen LogP contribution in [0.15, 0.2) is 12.2 Å². The zero-order chi connectivity index (χ0) is 44.3. The third kappa shape index (κ3) is 46.3. The maximum Gasteiger partial charge on any atom is 0.472 e. The number of nitrogens with zero attached hydrogens (tertiary/aromatic N) is 1. The Labute approximate surface area is 371 Å². The number of phosphoric ester groups is 1. The largest absolute Gasteiger partial charge is 0.472 e. The van der Waals surface area contributed by atoms with Crippen molar-refractivity contribution in [3.05, 3.63) is 12.2 Å². The van der Waals surface area contributed by atoms with Crippen LogP contribution in [-0.4, -0.2) is 74.9 Å². The number of esters is 2. The molecule has 0 aromatic rings. The van der Waals surface area contributed by atoms with E-state index in [0.29, 0.717) is 17.4 Å². The number of carbonyl (C=O) groups is 2. The summed E-state index contributed by atoms with van der Waals surface area (Å²) < 4.78 is 34.4. The minimum atomic E-state index is -4.37. The topological polar surface area (TPSA) is 108 Å². The predicted molar refractivity (Wildman–Crippen MR) is 252 cm³/mol. The molecule has 0 fully saturated rings. The fraction of sp³-hybridized carbons (Fsp3) is 0.920. The maximum atomic E-state index is 12.7. The lowest BCUT2D eigenvalue weighted by molar-refractivity contribution is -0.870. The molecular weight excluding hydrogens is 774 g/mol. The first-order valence-corrected chi connectivity index (χ1v) is 26.9. The molecule has 10 heteroatoms. The summed E-state index contributed by atoms with van der Waals surface area (Å²) in [5.41, 5.74) is 0. The summed E-state index contributed by atoms with van der Waals surface area (Å²) in [4.78, 5) is 35.5. The number of ether oxygens (including phenoxy) is 2. The van der Waals surface area contributed by atoms with Crippen molar-refractivity contribution < 1.29 is 42.1 Å². The Bertz CT molecular complexity index is 1030. The van der Waals surface area contributed by atoms with E-state index in [4.69, 9.17) is 18.5 Å².